The molecule has 0 atom stereocenters. The van der Waals surface area contributed by atoms with Gasteiger partial charge in [-0.15, -0.1) is 11.3 Å². The number of ketones is 1. The Morgan fingerprint density at radius 2 is 2.12 bits per heavy atom. The number of rotatable bonds is 4. The molecule has 0 aromatic carbocycles. The van der Waals surface area contributed by atoms with Crippen LogP contribution in [0, 0.1) is 28.1 Å². The normalized spacial score (nSPS) is 15.9. The molecule has 1 N–H and O–H groups in total. The van der Waals surface area contributed by atoms with Gasteiger partial charge < -0.3 is 4.74 Å². The monoisotopic (exact) mass is 344 g/mol. The first kappa shape index (κ1) is 17.6. The summed E-state index contributed by atoms with van der Waals surface area (Å²) in [4.78, 5) is 24.4. The molecule has 0 spiro atoms. The Hall–Kier alpha value is -2.71. The van der Waals surface area contributed by atoms with E-state index < -0.39 is 11.7 Å². The first-order valence-corrected chi connectivity index (χ1v) is 8.14. The average molecular weight is 344 g/mol. The number of anilines is 1. The molecule has 1 aliphatic carbocycles. The van der Waals surface area contributed by atoms with Gasteiger partial charge in [-0.1, -0.05) is 13.8 Å². The van der Waals surface area contributed by atoms with Crippen molar-refractivity contribution < 1.29 is 14.3 Å². The summed E-state index contributed by atoms with van der Waals surface area (Å²) in [5.74, 6) is -0.852. The van der Waals surface area contributed by atoms with Crippen molar-refractivity contribution in [2.75, 3.05) is 12.0 Å². The average Bonchev–Trinajstić information content (AvgIpc) is 2.84. The summed E-state index contributed by atoms with van der Waals surface area (Å²) in [6.07, 6.45) is 1.03. The van der Waals surface area contributed by atoms with Crippen molar-refractivity contribution in [3.63, 3.8) is 0 Å². The van der Waals surface area contributed by atoms with Crippen LogP contribution < -0.4 is 5.43 Å². The maximum atomic E-state index is 12.3. The van der Waals surface area contributed by atoms with Gasteiger partial charge in [-0.2, -0.15) is 15.6 Å². The summed E-state index contributed by atoms with van der Waals surface area (Å²) in [5.41, 5.74) is 2.95. The molecule has 1 heterocycles. The van der Waals surface area contributed by atoms with Gasteiger partial charge in [0.1, 0.15) is 17.1 Å². The van der Waals surface area contributed by atoms with Crippen molar-refractivity contribution in [1.82, 2.24) is 0 Å². The zero-order chi connectivity index (χ0) is 17.9. The second-order valence-corrected chi connectivity index (χ2v) is 7.09. The number of hydrogen-bond acceptors (Lipinski definition) is 8. The third kappa shape index (κ3) is 3.44. The Kier molecular flexibility index (Phi) is 5.01. The largest absolute Gasteiger partial charge is 0.461 e. The van der Waals surface area contributed by atoms with Crippen LogP contribution in [0.25, 0.3) is 0 Å². The van der Waals surface area contributed by atoms with E-state index in [0.29, 0.717) is 33.8 Å². The SMILES string of the molecule is CCOC(=O)/C(C#N)=N/Nc1sc2c(c1C#N)CC(C)(C)CC2=O. The van der Waals surface area contributed by atoms with Crippen LogP contribution in [0.5, 0.6) is 0 Å². The molecular weight excluding hydrogens is 328 g/mol. The van der Waals surface area contributed by atoms with Crippen molar-refractivity contribution in [2.24, 2.45) is 10.5 Å². The number of thiophene rings is 1. The van der Waals surface area contributed by atoms with Gasteiger partial charge in [0.25, 0.3) is 0 Å². The van der Waals surface area contributed by atoms with Crippen LogP contribution in [0.15, 0.2) is 5.10 Å². The Morgan fingerprint density at radius 3 is 2.71 bits per heavy atom. The highest BCUT2D eigenvalue weighted by Gasteiger charge is 2.35. The third-order valence-electron chi connectivity index (χ3n) is 3.51. The van der Waals surface area contributed by atoms with Gasteiger partial charge >= 0.3 is 5.97 Å². The quantitative estimate of drug-likeness (QED) is 0.510. The second kappa shape index (κ2) is 6.81. The van der Waals surface area contributed by atoms with Crippen LogP contribution in [0.1, 0.15) is 48.0 Å². The lowest BCUT2D eigenvalue weighted by atomic mass is 9.75. The summed E-state index contributed by atoms with van der Waals surface area (Å²) in [6, 6.07) is 3.73. The molecule has 0 saturated heterocycles. The zero-order valence-electron chi connectivity index (χ0n) is 13.6. The van der Waals surface area contributed by atoms with Crippen molar-refractivity contribution in [3.8, 4) is 12.1 Å². The lowest BCUT2D eigenvalue weighted by molar-refractivity contribution is -0.134. The number of nitrogens with zero attached hydrogens (tertiary/aromatic N) is 3. The molecule has 0 amide bonds. The predicted molar refractivity (Wildman–Crippen MR) is 88.8 cm³/mol. The number of hydrazone groups is 1. The van der Waals surface area contributed by atoms with Crippen LogP contribution in [0.3, 0.4) is 0 Å². The van der Waals surface area contributed by atoms with E-state index in [9.17, 15) is 14.9 Å². The molecule has 1 aliphatic rings. The Morgan fingerprint density at radius 1 is 1.42 bits per heavy atom. The molecule has 0 radical (unpaired) electrons. The van der Waals surface area contributed by atoms with E-state index in [-0.39, 0.29) is 17.8 Å². The lowest BCUT2D eigenvalue weighted by Gasteiger charge is -2.28. The number of esters is 1. The number of fused-ring (bicyclic) bond motifs is 1. The molecule has 2 rings (SSSR count). The number of nitrogens with one attached hydrogen (secondary N) is 1. The number of carbonyl (C=O) groups excluding carboxylic acids is 2. The maximum absolute atomic E-state index is 12.3. The van der Waals surface area contributed by atoms with Crippen LogP contribution in [0.4, 0.5) is 5.00 Å². The van der Waals surface area contributed by atoms with Crippen molar-refractivity contribution >= 4 is 33.8 Å². The summed E-state index contributed by atoms with van der Waals surface area (Å²) in [7, 11) is 0. The molecule has 0 saturated carbocycles. The Bertz CT molecular complexity index is 809. The molecule has 124 valence electrons. The number of nitriles is 2. The minimum atomic E-state index is -0.843. The van der Waals surface area contributed by atoms with Crippen LogP contribution in [0.2, 0.25) is 0 Å². The van der Waals surface area contributed by atoms with Crippen molar-refractivity contribution in [2.45, 2.75) is 33.6 Å². The summed E-state index contributed by atoms with van der Waals surface area (Å²) in [6.45, 7) is 5.70. The fourth-order valence-electron chi connectivity index (χ4n) is 2.53. The smallest absolute Gasteiger partial charge is 0.369 e. The highest BCUT2D eigenvalue weighted by molar-refractivity contribution is 7.18. The number of hydrogen-bond donors (Lipinski definition) is 1. The van der Waals surface area contributed by atoms with Gasteiger partial charge in [0.05, 0.1) is 17.0 Å². The number of Topliss-reactive ketones (excluding diaryl/α,β-unsaturated/α-hetero) is 1. The van der Waals surface area contributed by atoms with Crippen LogP contribution in [-0.4, -0.2) is 24.1 Å². The molecule has 0 fully saturated rings. The topological polar surface area (TPSA) is 115 Å². The van der Waals surface area contributed by atoms with Gasteiger partial charge in [0.15, 0.2) is 5.78 Å². The minimum Gasteiger partial charge on any atom is -0.461 e. The molecular formula is C16H16N4O3S. The Balaban J connectivity index is 2.37. The fraction of sp³-hybridized carbons (Fsp3) is 0.438. The highest BCUT2D eigenvalue weighted by Crippen LogP contribution is 2.43. The predicted octanol–water partition coefficient (Wildman–Crippen LogP) is 2.63. The second-order valence-electron chi connectivity index (χ2n) is 6.07. The fourth-order valence-corrected chi connectivity index (χ4v) is 3.58. The standard InChI is InChI=1S/C16H16N4O3S/c1-4-23-15(22)11(8-18)19-20-14-10(7-17)9-5-16(2,3)6-12(21)13(9)24-14/h20H,4-6H2,1-3H3/b19-11+. The van der Waals surface area contributed by atoms with Crippen LogP contribution in [-0.2, 0) is 16.0 Å². The van der Waals surface area contributed by atoms with Gasteiger partial charge in [0, 0.05) is 6.42 Å². The molecule has 8 heteroatoms. The first-order chi connectivity index (χ1) is 11.3. The van der Waals surface area contributed by atoms with E-state index in [2.05, 4.69) is 16.6 Å². The molecule has 0 unspecified atom stereocenters. The molecule has 1 aromatic heterocycles. The van der Waals surface area contributed by atoms with E-state index in [1.807, 2.05) is 13.8 Å². The van der Waals surface area contributed by atoms with E-state index in [1.165, 1.54) is 0 Å². The molecule has 7 nitrogen and oxygen atoms in total. The van der Waals surface area contributed by atoms with E-state index >= 15 is 0 Å². The van der Waals surface area contributed by atoms with E-state index in [0.717, 1.165) is 11.3 Å². The van der Waals surface area contributed by atoms with Crippen LogP contribution >= 0.6 is 11.3 Å². The molecule has 1 aromatic rings. The highest BCUT2D eigenvalue weighted by atomic mass is 32.1. The number of carbonyl (C=O) groups is 2. The minimum absolute atomic E-state index is 0.00863. The summed E-state index contributed by atoms with van der Waals surface area (Å²) < 4.78 is 4.72. The lowest BCUT2D eigenvalue weighted by Crippen LogP contribution is -2.26. The number of ether oxygens (including phenoxy) is 1. The first-order valence-electron chi connectivity index (χ1n) is 7.33. The third-order valence-corrected chi connectivity index (χ3v) is 4.69. The maximum Gasteiger partial charge on any atom is 0.369 e. The summed E-state index contributed by atoms with van der Waals surface area (Å²) in [5, 5.41) is 22.5. The van der Waals surface area contributed by atoms with Crippen molar-refractivity contribution in [1.29, 1.82) is 10.5 Å². The zero-order valence-corrected chi connectivity index (χ0v) is 14.4. The van der Waals surface area contributed by atoms with Gasteiger partial charge in [-0.05, 0) is 24.3 Å². The van der Waals surface area contributed by atoms with Gasteiger partial charge in [-0.25, -0.2) is 4.79 Å². The Labute approximate surface area is 143 Å². The molecule has 0 bridgehead atoms. The van der Waals surface area contributed by atoms with Gasteiger partial charge in [-0.3, -0.25) is 10.2 Å². The van der Waals surface area contributed by atoms with Crippen molar-refractivity contribution in [3.05, 3.63) is 16.0 Å². The van der Waals surface area contributed by atoms with Gasteiger partial charge in [0.2, 0.25) is 5.71 Å². The summed E-state index contributed by atoms with van der Waals surface area (Å²) >= 11 is 1.12. The van der Waals surface area contributed by atoms with E-state index in [1.54, 1.807) is 13.0 Å². The molecule has 24 heavy (non-hydrogen) atoms. The molecule has 0 aliphatic heterocycles. The van der Waals surface area contributed by atoms with E-state index in [4.69, 9.17) is 10.00 Å².